The molecule has 7 heteroatoms. The summed E-state index contributed by atoms with van der Waals surface area (Å²) in [4.78, 5) is 2.33. The molecule has 1 atom stereocenters. The molecule has 1 aromatic heterocycles. The van der Waals surface area contributed by atoms with Gasteiger partial charge in [0.25, 0.3) is 0 Å². The zero-order valence-electron chi connectivity index (χ0n) is 16.0. The molecule has 0 spiro atoms. The first-order chi connectivity index (χ1) is 12.8. The van der Waals surface area contributed by atoms with Crippen molar-refractivity contribution in [3.8, 4) is 5.75 Å². The molecular weight excluding hydrogens is 382 g/mol. The summed E-state index contributed by atoms with van der Waals surface area (Å²) in [5, 5.41) is 9.83. The summed E-state index contributed by atoms with van der Waals surface area (Å²) >= 11 is 1.59. The topological polar surface area (TPSA) is 75.6 Å². The Labute approximate surface area is 165 Å². The number of aliphatic hydroxyl groups is 1. The lowest BCUT2D eigenvalue weighted by atomic mass is 9.85. The average molecular weight is 410 g/mol. The number of aliphatic hydroxyl groups excluding tert-OH is 1. The summed E-state index contributed by atoms with van der Waals surface area (Å²) in [5.74, 6) is 0.672. The summed E-state index contributed by atoms with van der Waals surface area (Å²) in [6.45, 7) is 3.96. The van der Waals surface area contributed by atoms with E-state index in [1.807, 2.05) is 19.1 Å². The van der Waals surface area contributed by atoms with Gasteiger partial charge in [0, 0.05) is 21.7 Å². The van der Waals surface area contributed by atoms with Gasteiger partial charge in [-0.15, -0.1) is 11.3 Å². The van der Waals surface area contributed by atoms with Crippen molar-refractivity contribution in [3.05, 3.63) is 45.6 Å². The van der Waals surface area contributed by atoms with E-state index < -0.39 is 16.1 Å². The Balaban J connectivity index is 1.82. The minimum atomic E-state index is -3.60. The Morgan fingerprint density at radius 2 is 1.96 bits per heavy atom. The van der Waals surface area contributed by atoms with E-state index in [-0.39, 0.29) is 10.3 Å². The van der Waals surface area contributed by atoms with Crippen LogP contribution < -0.4 is 9.46 Å². The molecule has 1 aliphatic carbocycles. The van der Waals surface area contributed by atoms with Gasteiger partial charge in [-0.3, -0.25) is 0 Å². The van der Waals surface area contributed by atoms with Crippen LogP contribution in [-0.2, 0) is 15.4 Å². The zero-order valence-corrected chi connectivity index (χ0v) is 17.6. The van der Waals surface area contributed by atoms with Gasteiger partial charge >= 0.3 is 0 Å². The molecule has 0 amide bonds. The van der Waals surface area contributed by atoms with Gasteiger partial charge in [-0.1, -0.05) is 12.8 Å². The van der Waals surface area contributed by atoms with Gasteiger partial charge in [0.1, 0.15) is 5.75 Å². The molecule has 0 saturated heterocycles. The molecule has 1 aromatic carbocycles. The molecular formula is C20H27NO4S2. The molecule has 1 aliphatic rings. The number of hydrogen-bond acceptors (Lipinski definition) is 5. The fourth-order valence-corrected chi connectivity index (χ4v) is 6.16. The van der Waals surface area contributed by atoms with Crippen LogP contribution in [0.4, 0.5) is 0 Å². The Morgan fingerprint density at radius 3 is 2.52 bits per heavy atom. The maximum atomic E-state index is 12.8. The summed E-state index contributed by atoms with van der Waals surface area (Å²) in [5.41, 5.74) is 0.600. The van der Waals surface area contributed by atoms with E-state index in [0.717, 1.165) is 41.0 Å². The van der Waals surface area contributed by atoms with Crippen LogP contribution in [-0.4, -0.2) is 27.2 Å². The minimum Gasteiger partial charge on any atom is -0.496 e. The maximum Gasteiger partial charge on any atom is 0.240 e. The van der Waals surface area contributed by atoms with E-state index in [0.29, 0.717) is 12.3 Å². The van der Waals surface area contributed by atoms with Crippen molar-refractivity contribution in [3.63, 3.8) is 0 Å². The SMILES string of the molecule is COc1ccc(S(=O)(=O)NCC2(c3ccc([C@@H](C)O)s3)CCCC2)cc1C. The van der Waals surface area contributed by atoms with Crippen LogP contribution in [0.2, 0.25) is 0 Å². The lowest BCUT2D eigenvalue weighted by molar-refractivity contribution is 0.203. The molecule has 148 valence electrons. The second-order valence-corrected chi connectivity index (χ2v) is 10.2. The van der Waals surface area contributed by atoms with Gasteiger partial charge in [-0.2, -0.15) is 0 Å². The van der Waals surface area contributed by atoms with Crippen molar-refractivity contribution in [1.82, 2.24) is 4.72 Å². The normalized spacial score (nSPS) is 17.8. The first-order valence-electron chi connectivity index (χ1n) is 9.20. The third-order valence-corrected chi connectivity index (χ3v) is 8.30. The molecule has 0 radical (unpaired) electrons. The summed E-state index contributed by atoms with van der Waals surface area (Å²) in [7, 11) is -2.03. The van der Waals surface area contributed by atoms with E-state index in [1.165, 1.54) is 0 Å². The summed E-state index contributed by atoms with van der Waals surface area (Å²) in [6.07, 6.45) is 3.59. The lowest BCUT2D eigenvalue weighted by Gasteiger charge is -2.28. The molecule has 5 nitrogen and oxygen atoms in total. The number of rotatable bonds is 7. The van der Waals surface area contributed by atoms with Crippen molar-refractivity contribution in [2.45, 2.75) is 55.9 Å². The summed E-state index contributed by atoms with van der Waals surface area (Å²) in [6, 6.07) is 8.89. The largest absolute Gasteiger partial charge is 0.496 e. The van der Waals surface area contributed by atoms with Crippen molar-refractivity contribution in [2.24, 2.45) is 0 Å². The van der Waals surface area contributed by atoms with E-state index in [1.54, 1.807) is 43.6 Å². The minimum absolute atomic E-state index is 0.188. The molecule has 0 unspecified atom stereocenters. The quantitative estimate of drug-likeness (QED) is 0.727. The van der Waals surface area contributed by atoms with E-state index in [4.69, 9.17) is 4.74 Å². The first-order valence-corrected chi connectivity index (χ1v) is 11.5. The number of methoxy groups -OCH3 is 1. The predicted octanol–water partition coefficient (Wildman–Crippen LogP) is 3.91. The molecule has 2 N–H and O–H groups in total. The van der Waals surface area contributed by atoms with Gasteiger partial charge in [0.05, 0.1) is 18.1 Å². The highest BCUT2D eigenvalue weighted by Crippen LogP contribution is 2.44. The molecule has 1 saturated carbocycles. The van der Waals surface area contributed by atoms with Gasteiger partial charge in [-0.25, -0.2) is 13.1 Å². The number of sulfonamides is 1. The molecule has 1 heterocycles. The fraction of sp³-hybridized carbons (Fsp3) is 0.500. The van der Waals surface area contributed by atoms with Gasteiger partial charge in [0.15, 0.2) is 0 Å². The number of hydrogen-bond donors (Lipinski definition) is 2. The van der Waals surface area contributed by atoms with E-state index >= 15 is 0 Å². The molecule has 27 heavy (non-hydrogen) atoms. The van der Waals surface area contributed by atoms with Crippen molar-refractivity contribution >= 4 is 21.4 Å². The van der Waals surface area contributed by atoms with Crippen molar-refractivity contribution in [2.75, 3.05) is 13.7 Å². The molecule has 3 rings (SSSR count). The third kappa shape index (κ3) is 4.21. The highest BCUT2D eigenvalue weighted by atomic mass is 32.2. The highest BCUT2D eigenvalue weighted by Gasteiger charge is 2.38. The fourth-order valence-electron chi connectivity index (χ4n) is 3.76. The van der Waals surface area contributed by atoms with E-state index in [2.05, 4.69) is 4.72 Å². The monoisotopic (exact) mass is 409 g/mol. The van der Waals surface area contributed by atoms with Crippen LogP contribution in [0.1, 0.15) is 54.0 Å². The first kappa shape index (κ1) is 20.3. The van der Waals surface area contributed by atoms with Gasteiger partial charge in [0.2, 0.25) is 10.0 Å². The average Bonchev–Trinajstić information content (AvgIpc) is 3.30. The van der Waals surface area contributed by atoms with E-state index in [9.17, 15) is 13.5 Å². The third-order valence-electron chi connectivity index (χ3n) is 5.40. The second-order valence-electron chi connectivity index (χ2n) is 7.32. The molecule has 1 fully saturated rings. The smallest absolute Gasteiger partial charge is 0.240 e. The maximum absolute atomic E-state index is 12.8. The number of nitrogens with one attached hydrogen (secondary N) is 1. The standard InChI is InChI=1S/C20H27NO4S2/c1-14-12-16(6-7-17(14)25-3)27(23,24)21-13-20(10-4-5-11-20)19-9-8-18(26-19)15(2)22/h6-9,12,15,21-22H,4-5,10-11,13H2,1-3H3/t15-/m1/s1. The van der Waals surface area contributed by atoms with Gasteiger partial charge < -0.3 is 9.84 Å². The predicted molar refractivity (Wildman–Crippen MR) is 108 cm³/mol. The van der Waals surface area contributed by atoms with Crippen LogP contribution in [0.25, 0.3) is 0 Å². The Morgan fingerprint density at radius 1 is 1.26 bits per heavy atom. The Bertz CT molecular complexity index is 896. The van der Waals surface area contributed by atoms with Crippen LogP contribution >= 0.6 is 11.3 Å². The lowest BCUT2D eigenvalue weighted by Crippen LogP contribution is -2.38. The Kier molecular flexibility index (Phi) is 5.96. The number of benzene rings is 1. The molecule has 0 bridgehead atoms. The Hall–Kier alpha value is -1.41. The van der Waals surface area contributed by atoms with Crippen molar-refractivity contribution < 1.29 is 18.3 Å². The van der Waals surface area contributed by atoms with Crippen LogP contribution in [0.15, 0.2) is 35.2 Å². The highest BCUT2D eigenvalue weighted by molar-refractivity contribution is 7.89. The number of aryl methyl sites for hydroxylation is 1. The second kappa shape index (κ2) is 7.91. The molecule has 0 aliphatic heterocycles. The van der Waals surface area contributed by atoms with Crippen LogP contribution in [0, 0.1) is 6.92 Å². The number of ether oxygens (including phenoxy) is 1. The van der Waals surface area contributed by atoms with Crippen LogP contribution in [0.3, 0.4) is 0 Å². The molecule has 2 aromatic rings. The number of thiophene rings is 1. The summed E-state index contributed by atoms with van der Waals surface area (Å²) < 4.78 is 33.7. The van der Waals surface area contributed by atoms with Gasteiger partial charge in [-0.05, 0) is 62.6 Å². The van der Waals surface area contributed by atoms with Crippen molar-refractivity contribution in [1.29, 1.82) is 0 Å². The van der Waals surface area contributed by atoms with Crippen LogP contribution in [0.5, 0.6) is 5.75 Å². The zero-order chi connectivity index (χ0) is 19.7.